The van der Waals surface area contributed by atoms with E-state index in [9.17, 15) is 0 Å². The van der Waals surface area contributed by atoms with Crippen molar-refractivity contribution in [3.05, 3.63) is 149 Å². The first kappa shape index (κ1) is 26.6. The molecule has 0 N–H and O–H groups in total. The lowest BCUT2D eigenvalue weighted by molar-refractivity contribution is 0.658. The Balaban J connectivity index is 1.32. The second kappa shape index (κ2) is 9.12. The minimum Gasteiger partial charge on any atom is -0.456 e. The smallest absolute Gasteiger partial charge is 0.137 e. The van der Waals surface area contributed by atoms with Gasteiger partial charge in [-0.05, 0) is 87.0 Å². The molecule has 2 aliphatic rings. The summed E-state index contributed by atoms with van der Waals surface area (Å²) in [5, 5.41) is 2.69. The van der Waals surface area contributed by atoms with Crippen molar-refractivity contribution in [1.82, 2.24) is 0 Å². The van der Waals surface area contributed by atoms with Crippen LogP contribution < -0.4 is 4.90 Å². The van der Waals surface area contributed by atoms with E-state index in [1.165, 1.54) is 50.2 Å². The number of fused-ring (bicyclic) bond motifs is 9. The van der Waals surface area contributed by atoms with Gasteiger partial charge < -0.3 is 9.32 Å². The Kier molecular flexibility index (Phi) is 5.39. The van der Waals surface area contributed by atoms with Crippen LogP contribution in [0.1, 0.15) is 49.9 Å². The molecule has 1 aromatic heterocycles. The third-order valence-corrected chi connectivity index (χ3v) is 10.6. The van der Waals surface area contributed by atoms with Crippen LogP contribution in [0.25, 0.3) is 44.2 Å². The van der Waals surface area contributed by atoms with E-state index in [0.29, 0.717) is 5.02 Å². The maximum absolute atomic E-state index is 6.66. The van der Waals surface area contributed by atoms with Gasteiger partial charge in [0.15, 0.2) is 0 Å². The van der Waals surface area contributed by atoms with E-state index < -0.39 is 0 Å². The summed E-state index contributed by atoms with van der Waals surface area (Å²) in [5.41, 5.74) is 15.4. The molecule has 0 bridgehead atoms. The summed E-state index contributed by atoms with van der Waals surface area (Å²) in [6.45, 7) is 9.39. The Labute approximate surface area is 268 Å². The fraction of sp³-hybridized carbons (Fsp3) is 0.143. The highest BCUT2D eigenvalue weighted by Gasteiger charge is 2.40. The van der Waals surface area contributed by atoms with Gasteiger partial charge in [-0.3, -0.25) is 0 Å². The zero-order valence-electron chi connectivity index (χ0n) is 25.8. The lowest BCUT2D eigenvalue weighted by Gasteiger charge is -2.33. The summed E-state index contributed by atoms with van der Waals surface area (Å²) in [7, 11) is 0. The number of nitrogens with zero attached hydrogens (tertiary/aromatic N) is 1. The Morgan fingerprint density at radius 3 is 1.96 bits per heavy atom. The Morgan fingerprint density at radius 2 is 1.16 bits per heavy atom. The molecule has 1 heterocycles. The van der Waals surface area contributed by atoms with Gasteiger partial charge in [0, 0.05) is 39.0 Å². The van der Waals surface area contributed by atoms with Crippen LogP contribution in [0, 0.1) is 0 Å². The first-order chi connectivity index (χ1) is 21.7. The van der Waals surface area contributed by atoms with Crippen molar-refractivity contribution in [2.24, 2.45) is 0 Å². The average Bonchev–Trinajstić information content (AvgIpc) is 3.62. The molecule has 6 aromatic carbocycles. The van der Waals surface area contributed by atoms with Gasteiger partial charge >= 0.3 is 0 Å². The number of rotatable bonds is 3. The molecule has 218 valence electrons. The zero-order chi connectivity index (χ0) is 30.7. The van der Waals surface area contributed by atoms with Gasteiger partial charge in [-0.15, -0.1) is 0 Å². The van der Waals surface area contributed by atoms with Gasteiger partial charge in [-0.2, -0.15) is 0 Å². The molecule has 7 aromatic rings. The van der Waals surface area contributed by atoms with Crippen LogP contribution in [0.2, 0.25) is 5.02 Å². The van der Waals surface area contributed by atoms with Crippen LogP contribution in [-0.2, 0) is 10.8 Å². The lowest BCUT2D eigenvalue weighted by atomic mass is 9.81. The third kappa shape index (κ3) is 3.58. The third-order valence-electron chi connectivity index (χ3n) is 10.3. The number of halogens is 1. The summed E-state index contributed by atoms with van der Waals surface area (Å²) in [5.74, 6) is 0. The monoisotopic (exact) mass is 601 g/mol. The van der Waals surface area contributed by atoms with Gasteiger partial charge in [0.25, 0.3) is 0 Å². The predicted octanol–water partition coefficient (Wildman–Crippen LogP) is 12.3. The van der Waals surface area contributed by atoms with Gasteiger partial charge in [0.1, 0.15) is 11.2 Å². The number of hydrogen-bond donors (Lipinski definition) is 0. The molecule has 0 saturated heterocycles. The summed E-state index contributed by atoms with van der Waals surface area (Å²) in [6.07, 6.45) is 0. The first-order valence-corrected chi connectivity index (χ1v) is 16.0. The number of anilines is 3. The van der Waals surface area contributed by atoms with E-state index in [1.54, 1.807) is 0 Å². The van der Waals surface area contributed by atoms with Crippen molar-refractivity contribution in [2.45, 2.75) is 38.5 Å². The van der Waals surface area contributed by atoms with E-state index in [1.807, 2.05) is 18.2 Å². The Morgan fingerprint density at radius 1 is 0.533 bits per heavy atom. The normalized spacial score (nSPS) is 15.1. The molecule has 2 nitrogen and oxygen atoms in total. The van der Waals surface area contributed by atoms with Crippen LogP contribution in [0.4, 0.5) is 17.1 Å². The highest BCUT2D eigenvalue weighted by atomic mass is 35.5. The van der Waals surface area contributed by atoms with Crippen molar-refractivity contribution in [1.29, 1.82) is 0 Å². The molecule has 0 radical (unpaired) electrons. The van der Waals surface area contributed by atoms with E-state index in [2.05, 4.69) is 136 Å². The van der Waals surface area contributed by atoms with Gasteiger partial charge in [0.2, 0.25) is 0 Å². The second-order valence-electron chi connectivity index (χ2n) is 13.5. The van der Waals surface area contributed by atoms with Gasteiger partial charge in [-0.25, -0.2) is 0 Å². The largest absolute Gasteiger partial charge is 0.456 e. The molecular formula is C42H32ClNO. The number of furan rings is 1. The summed E-state index contributed by atoms with van der Waals surface area (Å²) in [6, 6.07) is 43.8. The zero-order valence-corrected chi connectivity index (χ0v) is 26.5. The fourth-order valence-electron chi connectivity index (χ4n) is 8.17. The average molecular weight is 602 g/mol. The Hall–Kier alpha value is -4.79. The van der Waals surface area contributed by atoms with Crippen LogP contribution >= 0.6 is 11.6 Å². The van der Waals surface area contributed by atoms with Crippen LogP contribution in [0.5, 0.6) is 0 Å². The first-order valence-electron chi connectivity index (χ1n) is 15.6. The van der Waals surface area contributed by atoms with Crippen molar-refractivity contribution in [2.75, 3.05) is 4.90 Å². The molecular weight excluding hydrogens is 570 g/mol. The fourth-order valence-corrected chi connectivity index (χ4v) is 8.44. The number of benzene rings is 6. The van der Waals surface area contributed by atoms with E-state index in [4.69, 9.17) is 16.0 Å². The summed E-state index contributed by atoms with van der Waals surface area (Å²) in [4.78, 5) is 2.43. The minimum atomic E-state index is -0.177. The van der Waals surface area contributed by atoms with Crippen molar-refractivity contribution in [3.8, 4) is 22.3 Å². The van der Waals surface area contributed by atoms with Crippen molar-refractivity contribution in [3.63, 3.8) is 0 Å². The molecule has 0 saturated carbocycles. The second-order valence-corrected chi connectivity index (χ2v) is 13.9. The van der Waals surface area contributed by atoms with E-state index in [0.717, 1.165) is 33.3 Å². The molecule has 0 atom stereocenters. The molecule has 2 aliphatic carbocycles. The van der Waals surface area contributed by atoms with Crippen LogP contribution in [0.3, 0.4) is 0 Å². The van der Waals surface area contributed by atoms with Gasteiger partial charge in [-0.1, -0.05) is 112 Å². The summed E-state index contributed by atoms with van der Waals surface area (Å²) >= 11 is 6.66. The topological polar surface area (TPSA) is 16.4 Å². The van der Waals surface area contributed by atoms with E-state index in [-0.39, 0.29) is 10.8 Å². The standard InChI is InChI=1S/C42H32ClNO/c1-41(2)32-14-7-5-11-27(32)29-21-19-25(23-34(29)41)44(26-20-22-31-38(24-26)45-37-18-10-16-35(43)39(31)37)36-17-9-13-30-28-12-6-8-15-33(28)42(3,4)40(30)36/h5-24H,1-4H3. The molecule has 3 heteroatoms. The minimum absolute atomic E-state index is 0.110. The van der Waals surface area contributed by atoms with Crippen molar-refractivity contribution >= 4 is 50.6 Å². The maximum Gasteiger partial charge on any atom is 0.137 e. The molecule has 45 heavy (non-hydrogen) atoms. The molecule has 0 aliphatic heterocycles. The highest BCUT2D eigenvalue weighted by Crippen LogP contribution is 2.56. The molecule has 9 rings (SSSR count). The van der Waals surface area contributed by atoms with E-state index >= 15 is 0 Å². The summed E-state index contributed by atoms with van der Waals surface area (Å²) < 4.78 is 6.42. The quantitative estimate of drug-likeness (QED) is 0.200. The highest BCUT2D eigenvalue weighted by molar-refractivity contribution is 6.37. The van der Waals surface area contributed by atoms with Gasteiger partial charge in [0.05, 0.1) is 10.7 Å². The lowest BCUT2D eigenvalue weighted by Crippen LogP contribution is -2.21. The SMILES string of the molecule is CC1(C)c2ccccc2-c2ccc(N(c3ccc4c(c3)oc3cccc(Cl)c34)c3cccc4c3C(C)(C)c3ccccc3-4)cc21. The Bertz CT molecular complexity index is 2360. The van der Waals surface area contributed by atoms with Crippen molar-refractivity contribution < 1.29 is 4.42 Å². The molecule has 0 spiro atoms. The number of hydrogen-bond acceptors (Lipinski definition) is 2. The van der Waals surface area contributed by atoms with Crippen LogP contribution in [0.15, 0.2) is 126 Å². The van der Waals surface area contributed by atoms with Crippen LogP contribution in [-0.4, -0.2) is 0 Å². The molecule has 0 fully saturated rings. The molecule has 0 amide bonds. The maximum atomic E-state index is 6.66. The molecule has 0 unspecified atom stereocenters. The predicted molar refractivity (Wildman–Crippen MR) is 189 cm³/mol.